The van der Waals surface area contributed by atoms with Crippen molar-refractivity contribution in [1.82, 2.24) is 9.97 Å². The molecule has 2 aromatic carbocycles. The van der Waals surface area contributed by atoms with Crippen molar-refractivity contribution in [2.75, 3.05) is 4.90 Å². The molecule has 0 atom stereocenters. The lowest BCUT2D eigenvalue weighted by atomic mass is 10.2. The van der Waals surface area contributed by atoms with Crippen LogP contribution in [0.4, 0.5) is 5.69 Å². The second kappa shape index (κ2) is 11.1. The minimum Gasteiger partial charge on any atom is -0.287 e. The van der Waals surface area contributed by atoms with Gasteiger partial charge in [-0.2, -0.15) is 0 Å². The van der Waals surface area contributed by atoms with Gasteiger partial charge in [0.2, 0.25) is 0 Å². The third-order valence-electron chi connectivity index (χ3n) is 5.25. The first kappa shape index (κ1) is 24.9. The predicted molar refractivity (Wildman–Crippen MR) is 154 cm³/mol. The van der Waals surface area contributed by atoms with Gasteiger partial charge in [-0.15, -0.1) is 0 Å². The maximum Gasteiger partial charge on any atom is 0.147 e. The zero-order valence-electron chi connectivity index (χ0n) is 18.4. The molecule has 0 amide bonds. The number of pyridine rings is 2. The van der Waals surface area contributed by atoms with E-state index in [2.05, 4.69) is 9.97 Å². The van der Waals surface area contributed by atoms with E-state index in [1.54, 1.807) is 12.4 Å². The van der Waals surface area contributed by atoms with Crippen LogP contribution in [0.25, 0.3) is 9.94 Å². The molecular formula is C27H16Cl4N4S. The molecule has 0 saturated carbocycles. The topological polar surface area (TPSA) is 41.4 Å². The molecule has 0 fully saturated rings. The SMILES string of the molecule is ClC1=C(c2c(Cl)cncc2Cl)SC(=C(Cl)c2ccccc2)N(c2ccccc2)C(c2ccncc2)=N1. The van der Waals surface area contributed by atoms with Crippen molar-refractivity contribution in [1.29, 1.82) is 0 Å². The third kappa shape index (κ3) is 5.03. The minimum absolute atomic E-state index is 0.218. The molecule has 36 heavy (non-hydrogen) atoms. The van der Waals surface area contributed by atoms with Gasteiger partial charge >= 0.3 is 0 Å². The number of nitrogens with zero attached hydrogens (tertiary/aromatic N) is 4. The van der Waals surface area contributed by atoms with E-state index in [1.807, 2.05) is 77.7 Å². The fraction of sp³-hybridized carbons (Fsp3) is 0. The monoisotopic (exact) mass is 568 g/mol. The molecule has 9 heteroatoms. The average molecular weight is 570 g/mol. The summed E-state index contributed by atoms with van der Waals surface area (Å²) in [5.41, 5.74) is 3.02. The van der Waals surface area contributed by atoms with Crippen molar-refractivity contribution >= 4 is 79.6 Å². The van der Waals surface area contributed by atoms with Gasteiger partial charge in [-0.05, 0) is 29.8 Å². The summed E-state index contributed by atoms with van der Waals surface area (Å²) in [5, 5.41) is 2.12. The van der Waals surface area contributed by atoms with Gasteiger partial charge in [0.15, 0.2) is 0 Å². The third-order valence-corrected chi connectivity index (χ3v) is 7.90. The molecule has 178 valence electrons. The van der Waals surface area contributed by atoms with Gasteiger partial charge in [0.1, 0.15) is 16.0 Å². The van der Waals surface area contributed by atoms with Gasteiger partial charge in [0, 0.05) is 41.6 Å². The van der Waals surface area contributed by atoms with Crippen LogP contribution in [0.15, 0.2) is 113 Å². The highest BCUT2D eigenvalue weighted by molar-refractivity contribution is 8.12. The Morgan fingerprint density at radius 3 is 2.00 bits per heavy atom. The maximum absolute atomic E-state index is 7.14. The summed E-state index contributed by atoms with van der Waals surface area (Å²) in [5.74, 6) is 0.571. The summed E-state index contributed by atoms with van der Waals surface area (Å²) in [6.45, 7) is 0. The number of para-hydroxylation sites is 1. The van der Waals surface area contributed by atoms with Gasteiger partial charge in [0.05, 0.1) is 20.0 Å². The Hall–Kier alpha value is -2.80. The summed E-state index contributed by atoms with van der Waals surface area (Å²) in [6, 6.07) is 23.3. The number of aliphatic imine (C=N–C) groups is 1. The van der Waals surface area contributed by atoms with Gasteiger partial charge < -0.3 is 0 Å². The van der Waals surface area contributed by atoms with Gasteiger partial charge in [-0.3, -0.25) is 14.9 Å². The van der Waals surface area contributed by atoms with E-state index in [9.17, 15) is 0 Å². The Morgan fingerprint density at radius 2 is 1.36 bits per heavy atom. The Morgan fingerprint density at radius 1 is 0.750 bits per heavy atom. The average Bonchev–Trinajstić information content (AvgIpc) is 3.06. The highest BCUT2D eigenvalue weighted by Crippen LogP contribution is 2.50. The van der Waals surface area contributed by atoms with Crippen molar-refractivity contribution in [3.63, 3.8) is 0 Å². The van der Waals surface area contributed by atoms with Crippen LogP contribution in [0.5, 0.6) is 0 Å². The summed E-state index contributed by atoms with van der Waals surface area (Å²) < 4.78 is 0. The summed E-state index contributed by atoms with van der Waals surface area (Å²) in [6.07, 6.45) is 6.46. The van der Waals surface area contributed by atoms with E-state index in [4.69, 9.17) is 51.4 Å². The first-order valence-electron chi connectivity index (χ1n) is 10.7. The van der Waals surface area contributed by atoms with Crippen LogP contribution < -0.4 is 4.90 Å². The number of halogens is 4. The van der Waals surface area contributed by atoms with Crippen LogP contribution in [-0.2, 0) is 0 Å². The molecule has 0 aliphatic carbocycles. The van der Waals surface area contributed by atoms with Gasteiger partial charge in [0.25, 0.3) is 0 Å². The van der Waals surface area contributed by atoms with E-state index < -0.39 is 0 Å². The van der Waals surface area contributed by atoms with Crippen molar-refractivity contribution in [3.8, 4) is 0 Å². The van der Waals surface area contributed by atoms with Crippen LogP contribution >= 0.6 is 58.2 Å². The van der Waals surface area contributed by atoms with Crippen molar-refractivity contribution < 1.29 is 0 Å². The molecule has 0 bridgehead atoms. The summed E-state index contributed by atoms with van der Waals surface area (Å²) in [7, 11) is 0. The largest absolute Gasteiger partial charge is 0.287 e. The lowest BCUT2D eigenvalue weighted by Crippen LogP contribution is -2.30. The number of hydrogen-bond donors (Lipinski definition) is 0. The van der Waals surface area contributed by atoms with Crippen LogP contribution in [0.2, 0.25) is 10.0 Å². The highest BCUT2D eigenvalue weighted by Gasteiger charge is 2.31. The first-order chi connectivity index (χ1) is 17.5. The second-order valence-corrected chi connectivity index (χ2v) is 10.1. The van der Waals surface area contributed by atoms with E-state index in [0.717, 1.165) is 16.8 Å². The smallest absolute Gasteiger partial charge is 0.147 e. The summed E-state index contributed by atoms with van der Waals surface area (Å²) in [4.78, 5) is 15.7. The number of aromatic nitrogens is 2. The summed E-state index contributed by atoms with van der Waals surface area (Å²) >= 11 is 28.5. The molecule has 0 radical (unpaired) electrons. The number of rotatable bonds is 4. The van der Waals surface area contributed by atoms with Crippen LogP contribution in [0.3, 0.4) is 0 Å². The molecule has 2 aromatic heterocycles. The molecule has 1 aliphatic rings. The first-order valence-corrected chi connectivity index (χ1v) is 13.0. The van der Waals surface area contributed by atoms with E-state index in [1.165, 1.54) is 24.2 Å². The minimum atomic E-state index is 0.218. The molecule has 0 N–H and O–H groups in total. The second-order valence-electron chi connectivity index (χ2n) is 7.53. The Balaban J connectivity index is 1.84. The number of hydrogen-bond acceptors (Lipinski definition) is 5. The van der Waals surface area contributed by atoms with Crippen molar-refractivity contribution in [2.45, 2.75) is 0 Å². The maximum atomic E-state index is 7.14. The quantitative estimate of drug-likeness (QED) is 0.230. The normalized spacial score (nSPS) is 15.4. The Bertz CT molecular complexity index is 1470. The molecule has 4 aromatic rings. The molecule has 3 heterocycles. The van der Waals surface area contributed by atoms with E-state index in [0.29, 0.717) is 36.4 Å². The number of benzene rings is 2. The standard InChI is InChI=1S/C27H16Cl4N4S/c28-20-15-33-16-21(29)22(20)24-25(31)34-26(18-11-13-32-14-12-18)35(19-9-5-2-6-10-19)27(36-24)23(30)17-7-3-1-4-8-17/h1-16H. The van der Waals surface area contributed by atoms with Crippen molar-refractivity contribution in [2.24, 2.45) is 4.99 Å². The molecule has 4 nitrogen and oxygen atoms in total. The van der Waals surface area contributed by atoms with Gasteiger partial charge in [-0.25, -0.2) is 4.99 Å². The lowest BCUT2D eigenvalue weighted by Gasteiger charge is -2.28. The molecule has 0 unspecified atom stereocenters. The molecule has 0 saturated heterocycles. The van der Waals surface area contributed by atoms with E-state index in [-0.39, 0.29) is 5.16 Å². The predicted octanol–water partition coefficient (Wildman–Crippen LogP) is 8.91. The lowest BCUT2D eigenvalue weighted by molar-refractivity contribution is 1.27. The van der Waals surface area contributed by atoms with Crippen LogP contribution in [-0.4, -0.2) is 15.8 Å². The molecule has 0 spiro atoms. The Labute approximate surface area is 232 Å². The molecular weight excluding hydrogens is 554 g/mol. The zero-order valence-corrected chi connectivity index (χ0v) is 22.3. The molecule has 1 aliphatic heterocycles. The fourth-order valence-electron chi connectivity index (χ4n) is 3.62. The van der Waals surface area contributed by atoms with Crippen LogP contribution in [0.1, 0.15) is 16.7 Å². The van der Waals surface area contributed by atoms with Crippen molar-refractivity contribution in [3.05, 3.63) is 135 Å². The number of thioether (sulfide) groups is 1. The van der Waals surface area contributed by atoms with Crippen LogP contribution in [0, 0.1) is 0 Å². The number of amidine groups is 1. The number of anilines is 1. The molecule has 5 rings (SSSR count). The highest BCUT2D eigenvalue weighted by atomic mass is 35.5. The van der Waals surface area contributed by atoms with E-state index >= 15 is 0 Å². The zero-order chi connectivity index (χ0) is 25.1. The fourth-order valence-corrected chi connectivity index (χ4v) is 6.04. The Kier molecular flexibility index (Phi) is 7.65. The van der Waals surface area contributed by atoms with Gasteiger partial charge in [-0.1, -0.05) is 107 Å².